The van der Waals surface area contributed by atoms with Crippen molar-refractivity contribution in [3.63, 3.8) is 0 Å². The van der Waals surface area contributed by atoms with E-state index in [-0.39, 0.29) is 24.3 Å². The molecular formula is C10H10F3N3O2. The van der Waals surface area contributed by atoms with E-state index >= 15 is 0 Å². The molecule has 5 nitrogen and oxygen atoms in total. The van der Waals surface area contributed by atoms with Crippen molar-refractivity contribution in [1.82, 2.24) is 4.98 Å². The van der Waals surface area contributed by atoms with Crippen molar-refractivity contribution in [1.29, 1.82) is 5.26 Å². The van der Waals surface area contributed by atoms with Gasteiger partial charge in [-0.15, -0.1) is 13.2 Å². The van der Waals surface area contributed by atoms with E-state index in [0.29, 0.717) is 5.69 Å². The van der Waals surface area contributed by atoms with Gasteiger partial charge in [0.25, 0.3) is 0 Å². The zero-order valence-electron chi connectivity index (χ0n) is 9.41. The number of halogens is 3. The minimum absolute atomic E-state index is 0.0142. The summed E-state index contributed by atoms with van der Waals surface area (Å²) in [5, 5.41) is 8.65. The second-order valence-electron chi connectivity index (χ2n) is 3.17. The molecule has 18 heavy (non-hydrogen) atoms. The smallest absolute Gasteiger partial charge is 0.492 e. The first-order valence-corrected chi connectivity index (χ1v) is 4.80. The topological polar surface area (TPSA) is 81.2 Å². The molecule has 0 aliphatic carbocycles. The van der Waals surface area contributed by atoms with Crippen molar-refractivity contribution in [3.05, 3.63) is 17.5 Å². The molecule has 1 aromatic heterocycles. The van der Waals surface area contributed by atoms with E-state index in [9.17, 15) is 13.2 Å². The van der Waals surface area contributed by atoms with Crippen molar-refractivity contribution in [2.45, 2.75) is 19.3 Å². The molecule has 0 saturated carbocycles. The normalized spacial score (nSPS) is 10.9. The number of rotatable bonds is 4. The fraction of sp³-hybridized carbons (Fsp3) is 0.400. The van der Waals surface area contributed by atoms with E-state index in [0.717, 1.165) is 6.20 Å². The summed E-state index contributed by atoms with van der Waals surface area (Å²) in [6, 6.07) is 1.81. The van der Waals surface area contributed by atoms with E-state index in [2.05, 4.69) is 9.72 Å². The lowest BCUT2D eigenvalue weighted by Gasteiger charge is -2.16. The number of hydrogen-bond acceptors (Lipinski definition) is 5. The summed E-state index contributed by atoms with van der Waals surface area (Å²) in [5.74, 6) is -0.767. The van der Waals surface area contributed by atoms with Crippen LogP contribution < -0.4 is 15.2 Å². The Labute approximate surface area is 101 Å². The van der Waals surface area contributed by atoms with Crippen molar-refractivity contribution in [2.75, 3.05) is 7.11 Å². The number of nitriles is 1. The van der Waals surface area contributed by atoms with Gasteiger partial charge in [-0.3, -0.25) is 4.98 Å². The first kappa shape index (κ1) is 14.1. The van der Waals surface area contributed by atoms with Crippen LogP contribution in [0.3, 0.4) is 0 Å². The summed E-state index contributed by atoms with van der Waals surface area (Å²) < 4.78 is 45.1. The number of aromatic nitrogens is 1. The van der Waals surface area contributed by atoms with E-state index < -0.39 is 12.1 Å². The predicted molar refractivity (Wildman–Crippen MR) is 54.7 cm³/mol. The lowest BCUT2D eigenvalue weighted by Crippen LogP contribution is -2.19. The summed E-state index contributed by atoms with van der Waals surface area (Å²) in [4.78, 5) is 3.73. The van der Waals surface area contributed by atoms with Gasteiger partial charge in [-0.25, -0.2) is 0 Å². The van der Waals surface area contributed by atoms with Crippen LogP contribution in [0.1, 0.15) is 11.3 Å². The standard InChI is InChI=1S/C10H10F3N3O2/c1-17-9-6(2-3-14)7(4-15)16-5-8(9)18-10(11,12)13/h5H,2,4,15H2,1H3. The molecule has 0 aliphatic heterocycles. The maximum absolute atomic E-state index is 12.2. The highest BCUT2D eigenvalue weighted by Gasteiger charge is 2.33. The molecule has 0 aromatic carbocycles. The number of nitrogens with two attached hydrogens (primary N) is 1. The lowest BCUT2D eigenvalue weighted by molar-refractivity contribution is -0.275. The summed E-state index contributed by atoms with van der Waals surface area (Å²) in [7, 11) is 1.18. The first-order chi connectivity index (χ1) is 8.42. The fourth-order valence-corrected chi connectivity index (χ4v) is 1.41. The van der Waals surface area contributed by atoms with E-state index in [4.69, 9.17) is 15.7 Å². The summed E-state index contributed by atoms with van der Waals surface area (Å²) in [6.45, 7) is -0.0142. The first-order valence-electron chi connectivity index (χ1n) is 4.80. The Morgan fingerprint density at radius 2 is 2.17 bits per heavy atom. The van der Waals surface area contributed by atoms with Crippen LogP contribution >= 0.6 is 0 Å². The zero-order valence-corrected chi connectivity index (χ0v) is 9.41. The predicted octanol–water partition coefficient (Wildman–Crippen LogP) is 1.51. The molecule has 98 valence electrons. The van der Waals surface area contributed by atoms with Crippen LogP contribution in [-0.4, -0.2) is 18.5 Å². The Hall–Kier alpha value is -2.01. The number of alkyl halides is 3. The van der Waals surface area contributed by atoms with Crippen molar-refractivity contribution < 1.29 is 22.6 Å². The minimum Gasteiger partial charge on any atom is -0.492 e. The second kappa shape index (κ2) is 5.55. The Balaban J connectivity index is 3.29. The molecule has 1 heterocycles. The highest BCUT2D eigenvalue weighted by atomic mass is 19.4. The lowest BCUT2D eigenvalue weighted by atomic mass is 10.1. The summed E-state index contributed by atoms with van der Waals surface area (Å²) in [5.41, 5.74) is 5.88. The van der Waals surface area contributed by atoms with Gasteiger partial charge in [-0.1, -0.05) is 0 Å². The van der Waals surface area contributed by atoms with Gasteiger partial charge >= 0.3 is 6.36 Å². The molecule has 0 amide bonds. The molecule has 0 atom stereocenters. The minimum atomic E-state index is -4.86. The van der Waals surface area contributed by atoms with Gasteiger partial charge in [-0.2, -0.15) is 5.26 Å². The molecule has 0 aliphatic rings. The number of ether oxygens (including phenoxy) is 2. The van der Waals surface area contributed by atoms with Crippen LogP contribution in [0.2, 0.25) is 0 Å². The van der Waals surface area contributed by atoms with Crippen LogP contribution in [0.4, 0.5) is 13.2 Å². The van der Waals surface area contributed by atoms with Crippen molar-refractivity contribution >= 4 is 0 Å². The molecule has 8 heteroatoms. The Morgan fingerprint density at radius 1 is 1.50 bits per heavy atom. The van der Waals surface area contributed by atoms with Crippen LogP contribution in [-0.2, 0) is 13.0 Å². The maximum atomic E-state index is 12.2. The van der Waals surface area contributed by atoms with Gasteiger partial charge in [0.2, 0.25) is 0 Å². The molecule has 1 aromatic rings. The third kappa shape index (κ3) is 3.24. The van der Waals surface area contributed by atoms with Crippen molar-refractivity contribution in [3.8, 4) is 17.6 Å². The highest BCUT2D eigenvalue weighted by Crippen LogP contribution is 2.35. The Kier molecular flexibility index (Phi) is 4.33. The molecule has 0 radical (unpaired) electrons. The van der Waals surface area contributed by atoms with Crippen LogP contribution in [0.15, 0.2) is 6.20 Å². The second-order valence-corrected chi connectivity index (χ2v) is 3.17. The highest BCUT2D eigenvalue weighted by molar-refractivity contribution is 5.48. The van der Waals surface area contributed by atoms with Gasteiger partial charge < -0.3 is 15.2 Å². The van der Waals surface area contributed by atoms with Crippen LogP contribution in [0, 0.1) is 11.3 Å². The Morgan fingerprint density at radius 3 is 2.61 bits per heavy atom. The molecule has 0 unspecified atom stereocenters. The monoisotopic (exact) mass is 261 g/mol. The Bertz CT molecular complexity index is 469. The van der Waals surface area contributed by atoms with Gasteiger partial charge in [0.05, 0.1) is 31.5 Å². The third-order valence-corrected chi connectivity index (χ3v) is 2.06. The summed E-state index contributed by atoms with van der Waals surface area (Å²) in [6.07, 6.45) is -4.16. The maximum Gasteiger partial charge on any atom is 0.573 e. The molecule has 1 rings (SSSR count). The molecule has 0 saturated heterocycles. The number of methoxy groups -OCH3 is 1. The third-order valence-electron chi connectivity index (χ3n) is 2.06. The van der Waals surface area contributed by atoms with Gasteiger partial charge in [0.15, 0.2) is 11.5 Å². The molecule has 0 fully saturated rings. The molecule has 2 N–H and O–H groups in total. The van der Waals surface area contributed by atoms with Gasteiger partial charge in [-0.05, 0) is 0 Å². The number of nitrogens with zero attached hydrogens (tertiary/aromatic N) is 2. The zero-order chi connectivity index (χ0) is 13.8. The molecule has 0 bridgehead atoms. The molecule has 0 spiro atoms. The number of pyridine rings is 1. The van der Waals surface area contributed by atoms with Gasteiger partial charge in [0, 0.05) is 12.1 Å². The van der Waals surface area contributed by atoms with Gasteiger partial charge in [0.1, 0.15) is 0 Å². The van der Waals surface area contributed by atoms with E-state index in [1.807, 2.05) is 6.07 Å². The largest absolute Gasteiger partial charge is 0.573 e. The van der Waals surface area contributed by atoms with E-state index in [1.165, 1.54) is 7.11 Å². The molecular weight excluding hydrogens is 251 g/mol. The van der Waals surface area contributed by atoms with Crippen LogP contribution in [0.5, 0.6) is 11.5 Å². The fourth-order valence-electron chi connectivity index (χ4n) is 1.41. The average molecular weight is 261 g/mol. The SMILES string of the molecule is COc1c(OC(F)(F)F)cnc(CN)c1CC#N. The number of hydrogen-bond donors (Lipinski definition) is 1. The van der Waals surface area contributed by atoms with Crippen molar-refractivity contribution in [2.24, 2.45) is 5.73 Å². The summed E-state index contributed by atoms with van der Waals surface area (Å²) >= 11 is 0. The average Bonchev–Trinajstić information content (AvgIpc) is 2.28. The van der Waals surface area contributed by atoms with E-state index in [1.54, 1.807) is 0 Å². The quantitative estimate of drug-likeness (QED) is 0.888. The van der Waals surface area contributed by atoms with Crippen LogP contribution in [0.25, 0.3) is 0 Å².